The van der Waals surface area contributed by atoms with Gasteiger partial charge in [-0.1, -0.05) is 11.6 Å². The van der Waals surface area contributed by atoms with Gasteiger partial charge >= 0.3 is 0 Å². The summed E-state index contributed by atoms with van der Waals surface area (Å²) in [7, 11) is 0. The summed E-state index contributed by atoms with van der Waals surface area (Å²) in [5, 5.41) is 0.675. The van der Waals surface area contributed by atoms with Crippen molar-refractivity contribution in [2.45, 2.75) is 18.8 Å². The molecule has 1 heterocycles. The SMILES string of the molecule is O=c1[nH]c(-c2ccc(Cl)cc2)nc(C2CC2)c1I. The van der Waals surface area contributed by atoms with Crippen molar-refractivity contribution >= 4 is 34.2 Å². The molecule has 0 bridgehead atoms. The molecule has 0 amide bonds. The van der Waals surface area contributed by atoms with Gasteiger partial charge in [-0.3, -0.25) is 4.79 Å². The van der Waals surface area contributed by atoms with E-state index in [1.54, 1.807) is 12.1 Å². The molecular weight excluding hydrogens is 363 g/mol. The number of benzene rings is 1. The van der Waals surface area contributed by atoms with Crippen LogP contribution in [0.2, 0.25) is 5.02 Å². The van der Waals surface area contributed by atoms with Gasteiger partial charge in [-0.15, -0.1) is 0 Å². The first kappa shape index (κ1) is 12.2. The zero-order chi connectivity index (χ0) is 12.7. The third kappa shape index (κ3) is 2.31. The van der Waals surface area contributed by atoms with Gasteiger partial charge in [0.05, 0.1) is 9.26 Å². The fourth-order valence-corrected chi connectivity index (χ4v) is 2.67. The number of nitrogens with zero attached hydrogens (tertiary/aromatic N) is 1. The second-order valence-corrected chi connectivity index (χ2v) is 5.91. The minimum absolute atomic E-state index is 0.0579. The van der Waals surface area contributed by atoms with Crippen LogP contribution in [0.15, 0.2) is 29.1 Å². The number of aromatic nitrogens is 2. The lowest BCUT2D eigenvalue weighted by atomic mass is 10.2. The molecule has 1 aliphatic rings. The van der Waals surface area contributed by atoms with Crippen molar-refractivity contribution in [3.63, 3.8) is 0 Å². The van der Waals surface area contributed by atoms with Gasteiger partial charge in [0.15, 0.2) is 0 Å². The lowest BCUT2D eigenvalue weighted by molar-refractivity contribution is 0.958. The number of halogens is 2. The molecule has 0 spiro atoms. The van der Waals surface area contributed by atoms with Gasteiger partial charge in [0.2, 0.25) is 0 Å². The Morgan fingerprint density at radius 1 is 1.28 bits per heavy atom. The fraction of sp³-hybridized carbons (Fsp3) is 0.231. The van der Waals surface area contributed by atoms with E-state index in [1.165, 1.54) is 0 Å². The minimum Gasteiger partial charge on any atom is -0.306 e. The summed E-state index contributed by atoms with van der Waals surface area (Å²) in [5.74, 6) is 1.09. The van der Waals surface area contributed by atoms with E-state index in [0.29, 0.717) is 20.3 Å². The van der Waals surface area contributed by atoms with E-state index in [2.05, 4.69) is 32.6 Å². The highest BCUT2D eigenvalue weighted by Gasteiger charge is 2.28. The zero-order valence-electron chi connectivity index (χ0n) is 9.41. The van der Waals surface area contributed by atoms with Gasteiger partial charge in [-0.05, 0) is 59.7 Å². The zero-order valence-corrected chi connectivity index (χ0v) is 12.3. The van der Waals surface area contributed by atoms with Crippen LogP contribution in [-0.2, 0) is 0 Å². The molecule has 1 N–H and O–H groups in total. The first-order valence-corrected chi connectivity index (χ1v) is 7.16. The third-order valence-corrected chi connectivity index (χ3v) is 4.26. The minimum atomic E-state index is -0.0579. The second-order valence-electron chi connectivity index (χ2n) is 4.39. The lowest BCUT2D eigenvalue weighted by Crippen LogP contribution is -2.15. The Bertz CT molecular complexity index is 647. The molecule has 3 nitrogen and oxygen atoms in total. The standard InChI is InChI=1S/C13H10ClIN2O/c14-9-5-3-8(4-6-9)12-16-11(7-1-2-7)10(15)13(18)17-12/h3-7H,1-2H2,(H,16,17,18). The first-order chi connectivity index (χ1) is 8.65. The highest BCUT2D eigenvalue weighted by molar-refractivity contribution is 14.1. The average Bonchev–Trinajstić information content (AvgIpc) is 3.18. The van der Waals surface area contributed by atoms with Gasteiger partial charge in [0.1, 0.15) is 5.82 Å². The van der Waals surface area contributed by atoms with Crippen LogP contribution in [-0.4, -0.2) is 9.97 Å². The van der Waals surface area contributed by atoms with E-state index in [-0.39, 0.29) is 5.56 Å². The molecule has 1 saturated carbocycles. The molecular formula is C13H10ClIN2O. The number of rotatable bonds is 2. The largest absolute Gasteiger partial charge is 0.306 e. The summed E-state index contributed by atoms with van der Waals surface area (Å²) in [4.78, 5) is 19.3. The number of hydrogen-bond donors (Lipinski definition) is 1. The first-order valence-electron chi connectivity index (χ1n) is 5.71. The molecule has 5 heteroatoms. The molecule has 18 heavy (non-hydrogen) atoms. The Labute approximate surface area is 123 Å². The van der Waals surface area contributed by atoms with Crippen molar-refractivity contribution in [2.75, 3.05) is 0 Å². The molecule has 0 saturated heterocycles. The molecule has 0 aliphatic heterocycles. The van der Waals surface area contributed by atoms with Crippen molar-refractivity contribution in [1.82, 2.24) is 9.97 Å². The highest BCUT2D eigenvalue weighted by atomic mass is 127. The smallest absolute Gasteiger partial charge is 0.264 e. The van der Waals surface area contributed by atoms with E-state index in [1.807, 2.05) is 12.1 Å². The Morgan fingerprint density at radius 3 is 2.56 bits per heavy atom. The molecule has 0 atom stereocenters. The van der Waals surface area contributed by atoms with Crippen LogP contribution in [0.4, 0.5) is 0 Å². The van der Waals surface area contributed by atoms with Crippen molar-refractivity contribution in [1.29, 1.82) is 0 Å². The fourth-order valence-electron chi connectivity index (χ4n) is 1.85. The summed E-state index contributed by atoms with van der Waals surface area (Å²) < 4.78 is 0.716. The average molecular weight is 373 g/mol. The summed E-state index contributed by atoms with van der Waals surface area (Å²) in [5.41, 5.74) is 1.76. The van der Waals surface area contributed by atoms with Gasteiger partial charge in [-0.2, -0.15) is 0 Å². The molecule has 1 aromatic carbocycles. The molecule has 1 fully saturated rings. The van der Waals surface area contributed by atoms with Gasteiger partial charge < -0.3 is 4.98 Å². The summed E-state index contributed by atoms with van der Waals surface area (Å²) >= 11 is 7.93. The maximum absolute atomic E-state index is 11.9. The lowest BCUT2D eigenvalue weighted by Gasteiger charge is -2.06. The Kier molecular flexibility index (Phi) is 3.15. The Morgan fingerprint density at radius 2 is 1.94 bits per heavy atom. The quantitative estimate of drug-likeness (QED) is 0.819. The molecule has 0 radical (unpaired) electrons. The number of hydrogen-bond acceptors (Lipinski definition) is 2. The van der Waals surface area contributed by atoms with Gasteiger partial charge in [0, 0.05) is 16.5 Å². The molecule has 0 unspecified atom stereocenters. The molecule has 2 aromatic rings. The Hall–Kier alpha value is -0.880. The van der Waals surface area contributed by atoms with E-state index >= 15 is 0 Å². The van der Waals surface area contributed by atoms with Gasteiger partial charge in [0.25, 0.3) is 5.56 Å². The number of aromatic amines is 1. The molecule has 3 rings (SSSR count). The molecule has 1 aromatic heterocycles. The van der Waals surface area contributed by atoms with Crippen molar-refractivity contribution in [3.8, 4) is 11.4 Å². The van der Waals surface area contributed by atoms with E-state index in [4.69, 9.17) is 11.6 Å². The maximum Gasteiger partial charge on any atom is 0.264 e. The molecule has 92 valence electrons. The predicted molar refractivity (Wildman–Crippen MR) is 80.0 cm³/mol. The number of H-pyrrole nitrogens is 1. The predicted octanol–water partition coefficient (Wildman–Crippen LogP) is 3.57. The maximum atomic E-state index is 11.9. The van der Waals surface area contributed by atoms with Crippen molar-refractivity contribution in [3.05, 3.63) is 48.9 Å². The van der Waals surface area contributed by atoms with Crippen LogP contribution in [0.1, 0.15) is 24.5 Å². The Balaban J connectivity index is 2.12. The van der Waals surface area contributed by atoms with E-state index in [9.17, 15) is 4.79 Å². The topological polar surface area (TPSA) is 45.8 Å². The second kappa shape index (κ2) is 4.66. The van der Waals surface area contributed by atoms with Crippen molar-refractivity contribution < 1.29 is 0 Å². The van der Waals surface area contributed by atoms with Gasteiger partial charge in [-0.25, -0.2) is 4.98 Å². The van der Waals surface area contributed by atoms with Crippen LogP contribution in [0.3, 0.4) is 0 Å². The van der Waals surface area contributed by atoms with E-state index < -0.39 is 0 Å². The van der Waals surface area contributed by atoms with E-state index in [0.717, 1.165) is 24.1 Å². The van der Waals surface area contributed by atoms with Crippen LogP contribution >= 0.6 is 34.2 Å². The van der Waals surface area contributed by atoms with Crippen LogP contribution in [0, 0.1) is 3.57 Å². The highest BCUT2D eigenvalue weighted by Crippen LogP contribution is 2.40. The van der Waals surface area contributed by atoms with Crippen LogP contribution in [0.25, 0.3) is 11.4 Å². The number of nitrogens with one attached hydrogen (secondary N) is 1. The third-order valence-electron chi connectivity index (χ3n) is 2.97. The molecule has 1 aliphatic carbocycles. The van der Waals surface area contributed by atoms with Crippen molar-refractivity contribution in [2.24, 2.45) is 0 Å². The normalized spacial score (nSPS) is 14.8. The summed E-state index contributed by atoms with van der Waals surface area (Å²) in [6, 6.07) is 7.32. The summed E-state index contributed by atoms with van der Waals surface area (Å²) in [6.07, 6.45) is 2.26. The monoisotopic (exact) mass is 372 g/mol. The summed E-state index contributed by atoms with van der Waals surface area (Å²) in [6.45, 7) is 0. The van der Waals surface area contributed by atoms with Crippen LogP contribution in [0.5, 0.6) is 0 Å². The van der Waals surface area contributed by atoms with Crippen LogP contribution < -0.4 is 5.56 Å².